The third kappa shape index (κ3) is 4.27. The molecule has 6 heteroatoms. The van der Waals surface area contributed by atoms with Crippen LogP contribution in [-0.2, 0) is 0 Å². The fourth-order valence-corrected chi connectivity index (χ4v) is 2.53. The van der Waals surface area contributed by atoms with Gasteiger partial charge in [-0.25, -0.2) is 4.98 Å². The standard InChI is InChI=1S/C15H19N3O2S/c1-3-11(8-19)16-14(20)13-9-21-15(18-13)17-12-6-4-5-10(2)7-12/h4-7,9,11,19H,3,8H2,1-2H3,(H,16,20)(H,17,18)/t11-/m1/s1. The molecule has 21 heavy (non-hydrogen) atoms. The molecule has 0 saturated heterocycles. The molecule has 0 saturated carbocycles. The molecule has 0 fully saturated rings. The Hall–Kier alpha value is -1.92. The lowest BCUT2D eigenvalue weighted by molar-refractivity contribution is 0.0910. The molecule has 2 aromatic rings. The van der Waals surface area contributed by atoms with Gasteiger partial charge in [0.1, 0.15) is 5.69 Å². The van der Waals surface area contributed by atoms with Crippen LogP contribution in [-0.4, -0.2) is 28.6 Å². The number of carbonyl (C=O) groups excluding carboxylic acids is 1. The Balaban J connectivity index is 2.02. The van der Waals surface area contributed by atoms with Gasteiger partial charge in [0.05, 0.1) is 12.6 Å². The Bertz CT molecular complexity index is 608. The maximum atomic E-state index is 12.0. The second-order valence-electron chi connectivity index (χ2n) is 4.79. The van der Waals surface area contributed by atoms with E-state index in [1.54, 1.807) is 5.38 Å². The number of amides is 1. The number of rotatable bonds is 6. The van der Waals surface area contributed by atoms with Crippen molar-refractivity contribution in [3.8, 4) is 0 Å². The number of carbonyl (C=O) groups is 1. The average Bonchev–Trinajstić information content (AvgIpc) is 2.93. The predicted molar refractivity (Wildman–Crippen MR) is 85.2 cm³/mol. The normalized spacial score (nSPS) is 12.0. The molecule has 0 aliphatic rings. The van der Waals surface area contributed by atoms with Gasteiger partial charge in [-0.05, 0) is 31.0 Å². The lowest BCUT2D eigenvalue weighted by atomic mass is 10.2. The van der Waals surface area contributed by atoms with Gasteiger partial charge >= 0.3 is 0 Å². The van der Waals surface area contributed by atoms with E-state index in [0.29, 0.717) is 17.2 Å². The second-order valence-corrected chi connectivity index (χ2v) is 5.65. The molecule has 0 aliphatic carbocycles. The van der Waals surface area contributed by atoms with E-state index in [1.165, 1.54) is 11.3 Å². The smallest absolute Gasteiger partial charge is 0.271 e. The van der Waals surface area contributed by atoms with Crippen molar-refractivity contribution < 1.29 is 9.90 Å². The van der Waals surface area contributed by atoms with Gasteiger partial charge in [0.2, 0.25) is 0 Å². The van der Waals surface area contributed by atoms with E-state index < -0.39 is 0 Å². The third-order valence-electron chi connectivity index (χ3n) is 3.05. The highest BCUT2D eigenvalue weighted by Crippen LogP contribution is 2.21. The van der Waals surface area contributed by atoms with Gasteiger partial charge in [0, 0.05) is 11.1 Å². The number of aliphatic hydroxyl groups is 1. The number of hydrogen-bond acceptors (Lipinski definition) is 5. The van der Waals surface area contributed by atoms with Crippen LogP contribution in [0.5, 0.6) is 0 Å². The molecule has 5 nitrogen and oxygen atoms in total. The largest absolute Gasteiger partial charge is 0.394 e. The van der Waals surface area contributed by atoms with Crippen molar-refractivity contribution >= 4 is 28.1 Å². The number of aromatic nitrogens is 1. The molecule has 0 radical (unpaired) electrons. The highest BCUT2D eigenvalue weighted by atomic mass is 32.1. The molecule has 1 amide bonds. The monoisotopic (exact) mass is 305 g/mol. The van der Waals surface area contributed by atoms with Crippen LogP contribution < -0.4 is 10.6 Å². The number of benzene rings is 1. The molecule has 0 aliphatic heterocycles. The maximum absolute atomic E-state index is 12.0. The zero-order chi connectivity index (χ0) is 15.2. The number of hydrogen-bond donors (Lipinski definition) is 3. The highest BCUT2D eigenvalue weighted by Gasteiger charge is 2.14. The summed E-state index contributed by atoms with van der Waals surface area (Å²) in [6.07, 6.45) is 0.681. The summed E-state index contributed by atoms with van der Waals surface area (Å²) in [5.41, 5.74) is 2.46. The number of aliphatic hydroxyl groups excluding tert-OH is 1. The minimum absolute atomic E-state index is 0.0687. The summed E-state index contributed by atoms with van der Waals surface area (Å²) < 4.78 is 0. The Morgan fingerprint density at radius 1 is 1.48 bits per heavy atom. The molecule has 3 N–H and O–H groups in total. The van der Waals surface area contributed by atoms with Gasteiger partial charge in [0.25, 0.3) is 5.91 Å². The van der Waals surface area contributed by atoms with E-state index in [0.717, 1.165) is 11.3 Å². The molecule has 1 heterocycles. The summed E-state index contributed by atoms with van der Waals surface area (Å²) in [6, 6.07) is 7.72. The van der Waals surface area contributed by atoms with Crippen LogP contribution in [0.1, 0.15) is 29.4 Å². The lowest BCUT2D eigenvalue weighted by Crippen LogP contribution is -2.37. The van der Waals surface area contributed by atoms with E-state index in [-0.39, 0.29) is 18.6 Å². The Labute approximate surface area is 128 Å². The van der Waals surface area contributed by atoms with Crippen LogP contribution in [0, 0.1) is 6.92 Å². The summed E-state index contributed by atoms with van der Waals surface area (Å²) in [4.78, 5) is 16.3. The minimum atomic E-state index is -0.260. The van der Waals surface area contributed by atoms with Crippen molar-refractivity contribution in [1.82, 2.24) is 10.3 Å². The summed E-state index contributed by atoms with van der Waals surface area (Å²) in [7, 11) is 0. The molecule has 0 spiro atoms. The second kappa shape index (κ2) is 7.19. The molecule has 0 unspecified atom stereocenters. The molecule has 112 valence electrons. The SMILES string of the molecule is CC[C@H](CO)NC(=O)c1csc(Nc2cccc(C)c2)n1. The Morgan fingerprint density at radius 2 is 2.29 bits per heavy atom. The van der Waals surface area contributed by atoms with Crippen LogP contribution in [0.15, 0.2) is 29.6 Å². The van der Waals surface area contributed by atoms with Crippen LogP contribution in [0.3, 0.4) is 0 Å². The van der Waals surface area contributed by atoms with Crippen molar-refractivity contribution in [2.75, 3.05) is 11.9 Å². The van der Waals surface area contributed by atoms with Crippen molar-refractivity contribution in [2.24, 2.45) is 0 Å². The number of anilines is 2. The average molecular weight is 305 g/mol. The quantitative estimate of drug-likeness (QED) is 0.767. The van der Waals surface area contributed by atoms with Crippen LogP contribution in [0.2, 0.25) is 0 Å². The molecular weight excluding hydrogens is 286 g/mol. The van der Waals surface area contributed by atoms with Crippen LogP contribution in [0.4, 0.5) is 10.8 Å². The van der Waals surface area contributed by atoms with Crippen LogP contribution in [0.25, 0.3) is 0 Å². The highest BCUT2D eigenvalue weighted by molar-refractivity contribution is 7.14. The number of aryl methyl sites for hydroxylation is 1. The van der Waals surface area contributed by atoms with Gasteiger partial charge in [-0.1, -0.05) is 19.1 Å². The number of thiazole rings is 1. The minimum Gasteiger partial charge on any atom is -0.394 e. The molecular formula is C15H19N3O2S. The van der Waals surface area contributed by atoms with Crippen molar-refractivity contribution in [3.63, 3.8) is 0 Å². The fraction of sp³-hybridized carbons (Fsp3) is 0.333. The fourth-order valence-electron chi connectivity index (χ4n) is 1.82. The van der Waals surface area contributed by atoms with E-state index in [4.69, 9.17) is 5.11 Å². The van der Waals surface area contributed by atoms with E-state index in [9.17, 15) is 4.79 Å². The Morgan fingerprint density at radius 3 is 2.95 bits per heavy atom. The summed E-state index contributed by atoms with van der Waals surface area (Å²) >= 11 is 1.38. The van der Waals surface area contributed by atoms with Gasteiger partial charge < -0.3 is 15.7 Å². The molecule has 1 aromatic heterocycles. The van der Waals surface area contributed by atoms with E-state index in [1.807, 2.05) is 38.1 Å². The van der Waals surface area contributed by atoms with E-state index >= 15 is 0 Å². The molecule has 2 rings (SSSR count). The first kappa shape index (κ1) is 15.5. The first-order valence-corrected chi connectivity index (χ1v) is 7.71. The molecule has 1 aromatic carbocycles. The predicted octanol–water partition coefficient (Wildman–Crippen LogP) is 2.70. The zero-order valence-electron chi connectivity index (χ0n) is 12.1. The number of nitrogens with zero attached hydrogens (tertiary/aromatic N) is 1. The lowest BCUT2D eigenvalue weighted by Gasteiger charge is -2.12. The van der Waals surface area contributed by atoms with Crippen molar-refractivity contribution in [3.05, 3.63) is 40.9 Å². The topological polar surface area (TPSA) is 74.2 Å². The van der Waals surface area contributed by atoms with Gasteiger partial charge in [-0.3, -0.25) is 4.79 Å². The van der Waals surface area contributed by atoms with Gasteiger partial charge in [-0.2, -0.15) is 0 Å². The zero-order valence-corrected chi connectivity index (χ0v) is 12.9. The first-order valence-electron chi connectivity index (χ1n) is 6.83. The summed E-state index contributed by atoms with van der Waals surface area (Å²) in [6.45, 7) is 3.86. The van der Waals surface area contributed by atoms with Crippen LogP contribution >= 0.6 is 11.3 Å². The maximum Gasteiger partial charge on any atom is 0.271 e. The van der Waals surface area contributed by atoms with Crippen molar-refractivity contribution in [1.29, 1.82) is 0 Å². The third-order valence-corrected chi connectivity index (χ3v) is 3.81. The first-order chi connectivity index (χ1) is 10.1. The summed E-state index contributed by atoms with van der Waals surface area (Å²) in [5.74, 6) is -0.260. The molecule has 0 bridgehead atoms. The van der Waals surface area contributed by atoms with Gasteiger partial charge in [-0.15, -0.1) is 11.3 Å². The van der Waals surface area contributed by atoms with Gasteiger partial charge in [0.15, 0.2) is 5.13 Å². The molecule has 1 atom stereocenters. The van der Waals surface area contributed by atoms with E-state index in [2.05, 4.69) is 15.6 Å². The van der Waals surface area contributed by atoms with Crippen molar-refractivity contribution in [2.45, 2.75) is 26.3 Å². The number of nitrogens with one attached hydrogen (secondary N) is 2. The summed E-state index contributed by atoms with van der Waals surface area (Å²) in [5, 5.41) is 17.4. The Kier molecular flexibility index (Phi) is 5.30.